The van der Waals surface area contributed by atoms with Gasteiger partial charge < -0.3 is 18.9 Å². The molecule has 0 aliphatic carbocycles. The van der Waals surface area contributed by atoms with E-state index in [0.717, 1.165) is 5.56 Å². The lowest BCUT2D eigenvalue weighted by atomic mass is 10.1. The molecular weight excluding hydrogens is 614 g/mol. The Morgan fingerprint density at radius 2 is 1.59 bits per heavy atom. The highest BCUT2D eigenvalue weighted by molar-refractivity contribution is 7.92. The van der Waals surface area contributed by atoms with Gasteiger partial charge in [0.05, 0.1) is 14.2 Å². The zero-order valence-corrected chi connectivity index (χ0v) is 25.6. The van der Waals surface area contributed by atoms with Gasteiger partial charge >= 0.3 is 5.97 Å². The number of para-hydroxylation sites is 2. The van der Waals surface area contributed by atoms with E-state index in [0.29, 0.717) is 11.3 Å². The Labute approximate surface area is 264 Å². The number of ketones is 1. The lowest BCUT2D eigenvalue weighted by Gasteiger charge is -2.17. The van der Waals surface area contributed by atoms with E-state index in [4.69, 9.17) is 18.9 Å². The molecule has 0 aliphatic heterocycles. The smallest absolute Gasteiger partial charge is 0.357 e. The molecule has 0 spiro atoms. The topological polar surface area (TPSA) is 169 Å². The van der Waals surface area contributed by atoms with E-state index in [9.17, 15) is 18.0 Å². The van der Waals surface area contributed by atoms with Gasteiger partial charge in [-0.05, 0) is 42.8 Å². The molecule has 14 heteroatoms. The van der Waals surface area contributed by atoms with Crippen LogP contribution in [0, 0.1) is 6.92 Å². The molecule has 1 N–H and O–H groups in total. The summed E-state index contributed by atoms with van der Waals surface area (Å²) in [6, 6.07) is 20.9. The second-order valence-corrected chi connectivity index (χ2v) is 11.2. The second-order valence-electron chi connectivity index (χ2n) is 9.56. The molecule has 2 aromatic carbocycles. The van der Waals surface area contributed by atoms with Gasteiger partial charge in [-0.3, -0.25) is 9.52 Å². The number of sulfonamides is 1. The maximum atomic E-state index is 13.4. The van der Waals surface area contributed by atoms with Crippen molar-refractivity contribution in [3.05, 3.63) is 108 Å². The van der Waals surface area contributed by atoms with Crippen molar-refractivity contribution in [2.75, 3.05) is 25.5 Å². The third-order valence-electron chi connectivity index (χ3n) is 6.36. The van der Waals surface area contributed by atoms with Gasteiger partial charge in [0.2, 0.25) is 5.75 Å². The van der Waals surface area contributed by atoms with Gasteiger partial charge in [-0.15, -0.1) is 0 Å². The highest BCUT2D eigenvalue weighted by Crippen LogP contribution is 2.41. The summed E-state index contributed by atoms with van der Waals surface area (Å²) in [6.45, 7) is 1.28. The van der Waals surface area contributed by atoms with Crippen molar-refractivity contribution in [1.82, 2.24) is 19.9 Å². The first-order valence-electron chi connectivity index (χ1n) is 13.6. The Hall–Kier alpha value is -5.89. The molecule has 0 saturated heterocycles. The number of pyridine rings is 2. The molecule has 0 atom stereocenters. The number of Topliss-reactive ketones (excluding diaryl/α,β-unsaturated/α-hetero) is 1. The van der Waals surface area contributed by atoms with E-state index in [-0.39, 0.29) is 51.1 Å². The Morgan fingerprint density at radius 1 is 0.848 bits per heavy atom. The Balaban J connectivity index is 1.52. The number of nitrogens with zero attached hydrogens (tertiary/aromatic N) is 4. The van der Waals surface area contributed by atoms with Crippen LogP contribution in [0.3, 0.4) is 0 Å². The molecule has 46 heavy (non-hydrogen) atoms. The molecule has 0 aliphatic rings. The number of nitrogens with one attached hydrogen (secondary N) is 1. The zero-order chi connectivity index (χ0) is 32.7. The zero-order valence-electron chi connectivity index (χ0n) is 24.8. The Morgan fingerprint density at radius 3 is 2.28 bits per heavy atom. The normalized spacial score (nSPS) is 10.9. The van der Waals surface area contributed by atoms with Crippen LogP contribution in [-0.2, 0) is 14.8 Å². The minimum absolute atomic E-state index is 0.0457. The largest absolute Gasteiger partial charge is 0.493 e. The molecule has 234 valence electrons. The summed E-state index contributed by atoms with van der Waals surface area (Å²) in [4.78, 5) is 42.1. The van der Waals surface area contributed by atoms with E-state index in [1.807, 2.05) is 0 Å². The van der Waals surface area contributed by atoms with Crippen molar-refractivity contribution in [1.29, 1.82) is 0 Å². The maximum Gasteiger partial charge on any atom is 0.357 e. The molecule has 0 unspecified atom stereocenters. The van der Waals surface area contributed by atoms with Crippen LogP contribution in [0.4, 0.5) is 5.82 Å². The van der Waals surface area contributed by atoms with Crippen LogP contribution in [-0.4, -0.2) is 60.9 Å². The van der Waals surface area contributed by atoms with Gasteiger partial charge in [0, 0.05) is 23.5 Å². The number of aryl methyl sites for hydroxylation is 1. The van der Waals surface area contributed by atoms with Crippen LogP contribution in [0.2, 0.25) is 0 Å². The predicted molar refractivity (Wildman–Crippen MR) is 166 cm³/mol. The minimum Gasteiger partial charge on any atom is -0.493 e. The van der Waals surface area contributed by atoms with E-state index in [1.54, 1.807) is 67.6 Å². The van der Waals surface area contributed by atoms with E-state index in [1.165, 1.54) is 44.8 Å². The van der Waals surface area contributed by atoms with Gasteiger partial charge in [-0.1, -0.05) is 48.5 Å². The number of carbonyl (C=O) groups excluding carboxylic acids is 2. The lowest BCUT2D eigenvalue weighted by molar-refractivity contribution is 0.0469. The van der Waals surface area contributed by atoms with Crippen molar-refractivity contribution in [3.63, 3.8) is 0 Å². The fourth-order valence-corrected chi connectivity index (χ4v) is 4.99. The van der Waals surface area contributed by atoms with E-state index in [2.05, 4.69) is 24.7 Å². The van der Waals surface area contributed by atoms with E-state index < -0.39 is 22.6 Å². The summed E-state index contributed by atoms with van der Waals surface area (Å²) in [5.41, 5.74) is 1.28. The lowest BCUT2D eigenvalue weighted by Crippen LogP contribution is -2.17. The first-order valence-corrected chi connectivity index (χ1v) is 15.1. The van der Waals surface area contributed by atoms with Gasteiger partial charge in [0.1, 0.15) is 5.69 Å². The van der Waals surface area contributed by atoms with Crippen molar-refractivity contribution in [3.8, 4) is 34.5 Å². The number of anilines is 1. The molecule has 5 rings (SSSR count). The SMILES string of the molecule is COc1ccccc1Oc1c(NS(=O)(=O)c2ccc(C)cn2)nc(-c2ccnc(C(=O)OCC(=O)c3ccccc3)c2)nc1OC. The molecule has 0 amide bonds. The second kappa shape index (κ2) is 13.8. The number of benzene rings is 2. The third kappa shape index (κ3) is 7.25. The minimum atomic E-state index is -4.28. The average Bonchev–Trinajstić information content (AvgIpc) is 3.08. The summed E-state index contributed by atoms with van der Waals surface area (Å²) in [5.74, 6) is -1.30. The number of aromatic nitrogens is 4. The summed E-state index contributed by atoms with van der Waals surface area (Å²) >= 11 is 0. The molecule has 0 bridgehead atoms. The summed E-state index contributed by atoms with van der Waals surface area (Å²) in [7, 11) is -1.51. The Kier molecular flexibility index (Phi) is 9.47. The van der Waals surface area contributed by atoms with Crippen LogP contribution in [0.1, 0.15) is 26.4 Å². The van der Waals surface area contributed by atoms with Crippen molar-refractivity contribution < 1.29 is 37.0 Å². The van der Waals surface area contributed by atoms with Crippen LogP contribution in [0.5, 0.6) is 23.1 Å². The number of methoxy groups -OCH3 is 2. The van der Waals surface area contributed by atoms with Crippen molar-refractivity contribution in [2.45, 2.75) is 11.9 Å². The summed E-state index contributed by atoms with van der Waals surface area (Å²) in [6.07, 6.45) is 2.73. The fourth-order valence-electron chi connectivity index (χ4n) is 4.06. The fraction of sp³-hybridized carbons (Fsp3) is 0.125. The molecule has 3 aromatic heterocycles. The van der Waals surface area contributed by atoms with Crippen molar-refractivity contribution in [2.24, 2.45) is 0 Å². The molecule has 13 nitrogen and oxygen atoms in total. The van der Waals surface area contributed by atoms with Crippen LogP contribution in [0.25, 0.3) is 11.4 Å². The van der Waals surface area contributed by atoms with E-state index >= 15 is 0 Å². The molecule has 5 aromatic rings. The molecule has 3 heterocycles. The maximum absolute atomic E-state index is 13.4. The summed E-state index contributed by atoms with van der Waals surface area (Å²) in [5, 5.41) is -0.264. The predicted octanol–water partition coefficient (Wildman–Crippen LogP) is 4.89. The average molecular weight is 642 g/mol. The first kappa shape index (κ1) is 31.5. The Bertz CT molecular complexity index is 1990. The van der Waals surface area contributed by atoms with Gasteiger partial charge in [0.25, 0.3) is 15.9 Å². The van der Waals surface area contributed by atoms with Crippen LogP contribution in [0.15, 0.2) is 96.3 Å². The molecule has 0 radical (unpaired) electrons. The number of esters is 1. The summed E-state index contributed by atoms with van der Waals surface area (Å²) < 4.78 is 51.4. The molecule has 0 fully saturated rings. The highest BCUT2D eigenvalue weighted by Gasteiger charge is 2.26. The molecular formula is C32H27N5O8S. The van der Waals surface area contributed by atoms with Crippen molar-refractivity contribution >= 4 is 27.6 Å². The standard InChI is InChI=1S/C32H27N5O8S/c1-20-13-14-27(34-18-20)46(40,41)37-30-28(45-26-12-8-7-11-25(26)42-2)31(43-3)36-29(35-30)22-15-16-33-23(17-22)32(39)44-19-24(38)21-9-5-4-6-10-21/h4-18H,19H2,1-3H3,(H,35,36,37). The third-order valence-corrected chi connectivity index (χ3v) is 7.61. The number of carbonyl (C=O) groups is 2. The highest BCUT2D eigenvalue weighted by atomic mass is 32.2. The number of hydrogen-bond donors (Lipinski definition) is 1. The van der Waals surface area contributed by atoms with Crippen LogP contribution >= 0.6 is 0 Å². The number of hydrogen-bond acceptors (Lipinski definition) is 12. The first-order chi connectivity index (χ1) is 22.2. The number of ether oxygens (including phenoxy) is 4. The monoisotopic (exact) mass is 641 g/mol. The van der Waals surface area contributed by atoms with Gasteiger partial charge in [-0.25, -0.2) is 19.7 Å². The van der Waals surface area contributed by atoms with Gasteiger partial charge in [0.15, 0.2) is 40.6 Å². The quantitative estimate of drug-likeness (QED) is 0.145. The van der Waals surface area contributed by atoms with Gasteiger partial charge in [-0.2, -0.15) is 13.4 Å². The molecule has 0 saturated carbocycles. The number of rotatable bonds is 12. The van der Waals surface area contributed by atoms with Crippen LogP contribution < -0.4 is 18.9 Å².